The van der Waals surface area contributed by atoms with Crippen LogP contribution in [0.25, 0.3) is 0 Å². The first kappa shape index (κ1) is 12.5. The number of hydrogen-bond donors (Lipinski definition) is 1. The lowest BCUT2D eigenvalue weighted by Gasteiger charge is -2.25. The predicted molar refractivity (Wildman–Crippen MR) is 70.3 cm³/mol. The van der Waals surface area contributed by atoms with E-state index in [1.165, 1.54) is 23.4 Å². The zero-order valence-corrected chi connectivity index (χ0v) is 11.4. The van der Waals surface area contributed by atoms with Gasteiger partial charge in [0.25, 0.3) is 0 Å². The third-order valence-corrected chi connectivity index (χ3v) is 3.61. The maximum atomic E-state index is 4.74. The first-order chi connectivity index (χ1) is 8.11. The smallest absolute Gasteiger partial charge is 0.131 e. The van der Waals surface area contributed by atoms with Crippen LogP contribution >= 0.6 is 0 Å². The maximum Gasteiger partial charge on any atom is 0.131 e. The molecule has 0 aliphatic heterocycles. The van der Waals surface area contributed by atoms with Gasteiger partial charge in [-0.1, -0.05) is 13.8 Å². The van der Waals surface area contributed by atoms with Gasteiger partial charge in [0.2, 0.25) is 0 Å². The summed E-state index contributed by atoms with van der Waals surface area (Å²) in [5.74, 6) is 2.18. The molecular weight excluding hydrogens is 210 g/mol. The summed E-state index contributed by atoms with van der Waals surface area (Å²) in [6.45, 7) is 7.56. The molecule has 3 heteroatoms. The zero-order chi connectivity index (χ0) is 12.4. The Morgan fingerprint density at radius 3 is 2.76 bits per heavy atom. The van der Waals surface area contributed by atoms with Crippen LogP contribution in [0, 0.1) is 12.8 Å². The first-order valence-electron chi connectivity index (χ1n) is 6.62. The molecule has 1 N–H and O–H groups in total. The summed E-state index contributed by atoms with van der Waals surface area (Å²) in [4.78, 5) is 9.39. The highest BCUT2D eigenvalue weighted by atomic mass is 14.9. The third-order valence-electron chi connectivity index (χ3n) is 3.61. The van der Waals surface area contributed by atoms with E-state index in [2.05, 4.69) is 31.1 Å². The quantitative estimate of drug-likeness (QED) is 0.870. The lowest BCUT2D eigenvalue weighted by atomic mass is 9.85. The van der Waals surface area contributed by atoms with Crippen molar-refractivity contribution in [1.82, 2.24) is 15.3 Å². The highest BCUT2D eigenvalue weighted by Crippen LogP contribution is 2.27. The lowest BCUT2D eigenvalue weighted by molar-refractivity contribution is 0.431. The van der Waals surface area contributed by atoms with Crippen molar-refractivity contribution in [2.24, 2.45) is 5.92 Å². The van der Waals surface area contributed by atoms with Crippen LogP contribution in [0.15, 0.2) is 0 Å². The summed E-state index contributed by atoms with van der Waals surface area (Å²) in [5, 5.41) is 3.28. The molecule has 0 saturated carbocycles. The summed E-state index contributed by atoms with van der Waals surface area (Å²) in [6.07, 6.45) is 3.51. The normalized spacial score (nSPS) is 19.5. The number of hydrogen-bond acceptors (Lipinski definition) is 3. The van der Waals surface area contributed by atoms with Crippen molar-refractivity contribution in [2.45, 2.75) is 46.0 Å². The van der Waals surface area contributed by atoms with Gasteiger partial charge < -0.3 is 5.32 Å². The van der Waals surface area contributed by atoms with Crippen molar-refractivity contribution >= 4 is 0 Å². The van der Waals surface area contributed by atoms with Gasteiger partial charge >= 0.3 is 0 Å². The van der Waals surface area contributed by atoms with Crippen LogP contribution in [0.3, 0.4) is 0 Å². The Morgan fingerprint density at radius 2 is 2.12 bits per heavy atom. The second kappa shape index (κ2) is 5.13. The van der Waals surface area contributed by atoms with Gasteiger partial charge in [0, 0.05) is 17.3 Å². The van der Waals surface area contributed by atoms with E-state index in [9.17, 15) is 0 Å². The Bertz CT molecular complexity index is 399. The van der Waals surface area contributed by atoms with Crippen molar-refractivity contribution in [1.29, 1.82) is 0 Å². The molecule has 0 amide bonds. The van der Waals surface area contributed by atoms with Gasteiger partial charge in [-0.3, -0.25) is 0 Å². The van der Waals surface area contributed by atoms with Crippen LogP contribution in [0.5, 0.6) is 0 Å². The molecule has 2 rings (SSSR count). The molecule has 1 aliphatic rings. The number of rotatable bonds is 3. The highest BCUT2D eigenvalue weighted by molar-refractivity contribution is 5.28. The first-order valence-corrected chi connectivity index (χ1v) is 6.62. The van der Waals surface area contributed by atoms with E-state index in [-0.39, 0.29) is 0 Å². The van der Waals surface area contributed by atoms with E-state index in [1.54, 1.807) is 0 Å². The molecule has 0 bridgehead atoms. The molecule has 1 unspecified atom stereocenters. The van der Waals surface area contributed by atoms with Crippen LogP contribution in [0.4, 0.5) is 0 Å². The highest BCUT2D eigenvalue weighted by Gasteiger charge is 2.22. The van der Waals surface area contributed by atoms with Crippen molar-refractivity contribution in [2.75, 3.05) is 13.6 Å². The van der Waals surface area contributed by atoms with E-state index < -0.39 is 0 Å². The maximum absolute atomic E-state index is 4.74. The van der Waals surface area contributed by atoms with Crippen molar-refractivity contribution in [3.63, 3.8) is 0 Å². The van der Waals surface area contributed by atoms with Gasteiger partial charge in [-0.2, -0.15) is 0 Å². The van der Waals surface area contributed by atoms with Crippen LogP contribution in [0.2, 0.25) is 0 Å². The summed E-state index contributed by atoms with van der Waals surface area (Å²) >= 11 is 0. The molecule has 0 saturated heterocycles. The molecule has 94 valence electrons. The second-order valence-corrected chi connectivity index (χ2v) is 5.41. The van der Waals surface area contributed by atoms with E-state index in [4.69, 9.17) is 4.98 Å². The molecule has 1 aliphatic carbocycles. The van der Waals surface area contributed by atoms with E-state index >= 15 is 0 Å². The summed E-state index contributed by atoms with van der Waals surface area (Å²) in [7, 11) is 2.03. The second-order valence-electron chi connectivity index (χ2n) is 5.41. The van der Waals surface area contributed by atoms with Gasteiger partial charge in [0.05, 0.1) is 0 Å². The van der Waals surface area contributed by atoms with Crippen molar-refractivity contribution < 1.29 is 0 Å². The van der Waals surface area contributed by atoms with Crippen LogP contribution in [-0.2, 0) is 12.8 Å². The molecule has 1 aromatic heterocycles. The van der Waals surface area contributed by atoms with E-state index in [0.29, 0.717) is 5.92 Å². The predicted octanol–water partition coefficient (Wildman–Crippen LogP) is 2.23. The Kier molecular flexibility index (Phi) is 3.77. The molecule has 0 radical (unpaired) electrons. The Hall–Kier alpha value is -0.960. The van der Waals surface area contributed by atoms with Crippen molar-refractivity contribution in [3.8, 4) is 0 Å². The molecule has 0 spiro atoms. The van der Waals surface area contributed by atoms with Gasteiger partial charge in [-0.25, -0.2) is 9.97 Å². The fourth-order valence-electron chi connectivity index (χ4n) is 2.60. The van der Waals surface area contributed by atoms with Gasteiger partial charge in [0.1, 0.15) is 5.82 Å². The number of aryl methyl sites for hydroxylation is 2. The minimum atomic E-state index is 0.425. The summed E-state index contributed by atoms with van der Waals surface area (Å²) < 4.78 is 0. The molecule has 0 aromatic carbocycles. The molecular formula is C14H23N3. The Labute approximate surface area is 104 Å². The van der Waals surface area contributed by atoms with Gasteiger partial charge in [-0.05, 0) is 51.3 Å². The van der Waals surface area contributed by atoms with Crippen LogP contribution in [-0.4, -0.2) is 23.6 Å². The Balaban J connectivity index is 2.27. The number of aromatic nitrogens is 2. The van der Waals surface area contributed by atoms with Crippen LogP contribution < -0.4 is 5.32 Å². The minimum Gasteiger partial charge on any atom is -0.319 e. The average Bonchev–Trinajstić information content (AvgIpc) is 2.30. The average molecular weight is 233 g/mol. The molecule has 1 aromatic rings. The monoisotopic (exact) mass is 233 g/mol. The molecule has 1 atom stereocenters. The standard InChI is InChI=1S/C14H23N3/c1-9(2)14-16-10(3)12-7-11(8-15-4)5-6-13(12)17-14/h9,11,15H,5-8H2,1-4H3. The van der Waals surface area contributed by atoms with Crippen molar-refractivity contribution in [3.05, 3.63) is 22.8 Å². The summed E-state index contributed by atoms with van der Waals surface area (Å²) in [5.41, 5.74) is 3.90. The SMILES string of the molecule is CNCC1CCc2nc(C(C)C)nc(C)c2C1. The topological polar surface area (TPSA) is 37.8 Å². The fraction of sp³-hybridized carbons (Fsp3) is 0.714. The Morgan fingerprint density at radius 1 is 1.35 bits per heavy atom. The zero-order valence-electron chi connectivity index (χ0n) is 11.4. The lowest BCUT2D eigenvalue weighted by Crippen LogP contribution is -2.26. The van der Waals surface area contributed by atoms with E-state index in [1.807, 2.05) is 7.05 Å². The van der Waals surface area contributed by atoms with Crippen LogP contribution in [0.1, 0.15) is 49.0 Å². The largest absolute Gasteiger partial charge is 0.319 e. The molecule has 17 heavy (non-hydrogen) atoms. The number of nitrogens with zero attached hydrogens (tertiary/aromatic N) is 2. The third kappa shape index (κ3) is 2.65. The molecule has 0 fully saturated rings. The molecule has 1 heterocycles. The molecule has 3 nitrogen and oxygen atoms in total. The fourth-order valence-corrected chi connectivity index (χ4v) is 2.60. The van der Waals surface area contributed by atoms with Gasteiger partial charge in [-0.15, -0.1) is 0 Å². The summed E-state index contributed by atoms with van der Waals surface area (Å²) in [6, 6.07) is 0. The number of nitrogens with one attached hydrogen (secondary N) is 1. The van der Waals surface area contributed by atoms with E-state index in [0.717, 1.165) is 31.1 Å². The van der Waals surface area contributed by atoms with Gasteiger partial charge in [0.15, 0.2) is 0 Å². The minimum absolute atomic E-state index is 0.425. The number of fused-ring (bicyclic) bond motifs is 1.